The van der Waals surface area contributed by atoms with E-state index in [0.717, 1.165) is 35.7 Å². The van der Waals surface area contributed by atoms with Gasteiger partial charge in [0.2, 0.25) is 11.8 Å². The minimum atomic E-state index is 0.0265. The number of thiocarbonyl (C=S) groups is 1. The van der Waals surface area contributed by atoms with Crippen molar-refractivity contribution in [1.29, 1.82) is 0 Å². The summed E-state index contributed by atoms with van der Waals surface area (Å²) >= 11 is 6.58. The Kier molecular flexibility index (Phi) is 6.04. The van der Waals surface area contributed by atoms with Crippen LogP contribution in [-0.2, 0) is 9.59 Å². The molecule has 0 radical (unpaired) electrons. The van der Waals surface area contributed by atoms with Gasteiger partial charge in [0.05, 0.1) is 5.75 Å². The first-order chi connectivity index (χ1) is 12.1. The molecular weight excluding hydrogens is 352 g/mol. The Morgan fingerprint density at radius 3 is 2.68 bits per heavy atom. The lowest BCUT2D eigenvalue weighted by Crippen LogP contribution is -2.29. The Labute approximate surface area is 157 Å². The highest BCUT2D eigenvalue weighted by Gasteiger charge is 2.25. The van der Waals surface area contributed by atoms with Crippen molar-refractivity contribution in [3.63, 3.8) is 0 Å². The van der Waals surface area contributed by atoms with Gasteiger partial charge in [-0.3, -0.25) is 14.5 Å². The molecule has 0 saturated carbocycles. The van der Waals surface area contributed by atoms with Gasteiger partial charge < -0.3 is 5.32 Å². The molecule has 6 heteroatoms. The minimum Gasteiger partial charge on any atom is -0.326 e. The molecule has 1 N–H and O–H groups in total. The van der Waals surface area contributed by atoms with Crippen LogP contribution in [0, 0.1) is 0 Å². The maximum absolute atomic E-state index is 12.1. The number of amides is 2. The van der Waals surface area contributed by atoms with Gasteiger partial charge in [-0.05, 0) is 35.7 Å². The molecule has 3 rings (SSSR count). The lowest BCUT2D eigenvalue weighted by Gasteiger charge is -2.14. The Balaban J connectivity index is 1.39. The summed E-state index contributed by atoms with van der Waals surface area (Å²) in [7, 11) is 0. The molecule has 2 aromatic carbocycles. The SMILES string of the molecule is O=C(CCCCCN1C(=O)CSC1=S)Nc1ccc2ccccc2c1. The number of rotatable bonds is 7. The molecule has 1 heterocycles. The fourth-order valence-corrected chi connectivity index (χ4v) is 3.94. The van der Waals surface area contributed by atoms with Gasteiger partial charge in [0.25, 0.3) is 0 Å². The molecule has 1 saturated heterocycles. The summed E-state index contributed by atoms with van der Waals surface area (Å²) < 4.78 is 0.680. The van der Waals surface area contributed by atoms with Crippen molar-refractivity contribution in [1.82, 2.24) is 4.90 Å². The third kappa shape index (κ3) is 4.80. The van der Waals surface area contributed by atoms with Gasteiger partial charge in [0, 0.05) is 18.7 Å². The zero-order valence-electron chi connectivity index (χ0n) is 13.9. The first-order valence-electron chi connectivity index (χ1n) is 8.39. The quantitative estimate of drug-likeness (QED) is 0.585. The molecule has 25 heavy (non-hydrogen) atoms. The van der Waals surface area contributed by atoms with E-state index in [1.807, 2.05) is 36.4 Å². The van der Waals surface area contributed by atoms with E-state index in [1.165, 1.54) is 11.8 Å². The lowest BCUT2D eigenvalue weighted by molar-refractivity contribution is -0.124. The molecule has 1 aliphatic heterocycles. The molecule has 4 nitrogen and oxygen atoms in total. The van der Waals surface area contributed by atoms with Crippen molar-refractivity contribution in [2.45, 2.75) is 25.7 Å². The number of hydrogen-bond donors (Lipinski definition) is 1. The molecule has 0 bridgehead atoms. The van der Waals surface area contributed by atoms with Crippen LogP contribution < -0.4 is 5.32 Å². The van der Waals surface area contributed by atoms with Gasteiger partial charge in [-0.15, -0.1) is 0 Å². The highest BCUT2D eigenvalue weighted by molar-refractivity contribution is 8.23. The zero-order chi connectivity index (χ0) is 17.6. The molecule has 2 amide bonds. The normalized spacial score (nSPS) is 14.3. The maximum atomic E-state index is 12.1. The highest BCUT2D eigenvalue weighted by Crippen LogP contribution is 2.21. The number of thioether (sulfide) groups is 1. The number of fused-ring (bicyclic) bond motifs is 1. The van der Waals surface area contributed by atoms with Crippen molar-refractivity contribution in [3.8, 4) is 0 Å². The third-order valence-corrected chi connectivity index (χ3v) is 5.59. The Morgan fingerprint density at radius 2 is 1.92 bits per heavy atom. The third-order valence-electron chi connectivity index (χ3n) is 4.16. The number of anilines is 1. The first-order valence-corrected chi connectivity index (χ1v) is 9.78. The molecular formula is C19H20N2O2S2. The van der Waals surface area contributed by atoms with Crippen LogP contribution in [-0.4, -0.2) is 33.3 Å². The van der Waals surface area contributed by atoms with Crippen LogP contribution in [0.5, 0.6) is 0 Å². The van der Waals surface area contributed by atoms with E-state index < -0.39 is 0 Å². The van der Waals surface area contributed by atoms with Crippen LogP contribution in [0.2, 0.25) is 0 Å². The predicted molar refractivity (Wildman–Crippen MR) is 108 cm³/mol. The number of nitrogens with zero attached hydrogens (tertiary/aromatic N) is 1. The Hall–Kier alpha value is -1.92. The molecule has 1 fully saturated rings. The number of hydrogen-bond acceptors (Lipinski definition) is 4. The Bertz CT molecular complexity index is 791. The number of nitrogens with one attached hydrogen (secondary N) is 1. The molecule has 1 aliphatic rings. The van der Waals surface area contributed by atoms with Crippen LogP contribution >= 0.6 is 24.0 Å². The van der Waals surface area contributed by atoms with Crippen molar-refractivity contribution >= 4 is 56.6 Å². The van der Waals surface area contributed by atoms with Gasteiger partial charge in [-0.1, -0.05) is 60.7 Å². The summed E-state index contributed by atoms with van der Waals surface area (Å²) in [6.07, 6.45) is 3.07. The smallest absolute Gasteiger partial charge is 0.238 e. The fourth-order valence-electron chi connectivity index (χ4n) is 2.82. The van der Waals surface area contributed by atoms with E-state index in [-0.39, 0.29) is 11.8 Å². The van der Waals surface area contributed by atoms with Gasteiger partial charge >= 0.3 is 0 Å². The number of unbranched alkanes of at least 4 members (excludes halogenated alkanes) is 2. The van der Waals surface area contributed by atoms with Crippen molar-refractivity contribution in [3.05, 3.63) is 42.5 Å². The molecule has 0 unspecified atom stereocenters. The predicted octanol–water partition coefficient (Wildman–Crippen LogP) is 4.20. The van der Waals surface area contributed by atoms with E-state index in [2.05, 4.69) is 11.4 Å². The Morgan fingerprint density at radius 1 is 1.12 bits per heavy atom. The van der Waals surface area contributed by atoms with E-state index in [0.29, 0.717) is 23.0 Å². The van der Waals surface area contributed by atoms with E-state index in [1.54, 1.807) is 4.90 Å². The molecule has 0 aromatic heterocycles. The first kappa shape index (κ1) is 17.9. The second kappa shape index (κ2) is 8.45. The van der Waals surface area contributed by atoms with Gasteiger partial charge in [-0.25, -0.2) is 0 Å². The van der Waals surface area contributed by atoms with Gasteiger partial charge in [0.15, 0.2) is 0 Å². The minimum absolute atomic E-state index is 0.0265. The van der Waals surface area contributed by atoms with Gasteiger partial charge in [0.1, 0.15) is 4.32 Å². The molecule has 0 spiro atoms. The lowest BCUT2D eigenvalue weighted by atomic mass is 10.1. The van der Waals surface area contributed by atoms with Gasteiger partial charge in [-0.2, -0.15) is 0 Å². The van der Waals surface area contributed by atoms with Crippen molar-refractivity contribution in [2.75, 3.05) is 17.6 Å². The van der Waals surface area contributed by atoms with Crippen LogP contribution in [0.25, 0.3) is 10.8 Å². The molecule has 2 aromatic rings. The van der Waals surface area contributed by atoms with E-state index in [4.69, 9.17) is 12.2 Å². The van der Waals surface area contributed by atoms with Crippen molar-refractivity contribution in [2.24, 2.45) is 0 Å². The van der Waals surface area contributed by atoms with E-state index >= 15 is 0 Å². The number of benzene rings is 2. The topological polar surface area (TPSA) is 49.4 Å². The average molecular weight is 373 g/mol. The summed E-state index contributed by atoms with van der Waals surface area (Å²) in [5.41, 5.74) is 0.828. The zero-order valence-corrected chi connectivity index (χ0v) is 15.5. The van der Waals surface area contributed by atoms with Crippen LogP contribution in [0.15, 0.2) is 42.5 Å². The second-order valence-corrected chi connectivity index (χ2v) is 7.63. The summed E-state index contributed by atoms with van der Waals surface area (Å²) in [5, 5.41) is 5.23. The summed E-state index contributed by atoms with van der Waals surface area (Å²) in [5.74, 6) is 0.593. The molecule has 0 atom stereocenters. The largest absolute Gasteiger partial charge is 0.326 e. The summed E-state index contributed by atoms with van der Waals surface area (Å²) in [6.45, 7) is 0.664. The van der Waals surface area contributed by atoms with Crippen molar-refractivity contribution < 1.29 is 9.59 Å². The number of carbonyl (C=O) groups is 2. The average Bonchev–Trinajstić information content (AvgIpc) is 2.93. The maximum Gasteiger partial charge on any atom is 0.238 e. The molecule has 0 aliphatic carbocycles. The highest BCUT2D eigenvalue weighted by atomic mass is 32.2. The summed E-state index contributed by atoms with van der Waals surface area (Å²) in [6, 6.07) is 14.0. The standard InChI is InChI=1S/C19H20N2O2S2/c22-17(8-2-1-5-11-21-18(23)13-25-19(21)24)20-16-10-9-14-6-3-4-7-15(14)12-16/h3-4,6-7,9-10,12H,1-2,5,8,11,13H2,(H,20,22). The van der Waals surface area contributed by atoms with Crippen LogP contribution in [0.3, 0.4) is 0 Å². The summed E-state index contributed by atoms with van der Waals surface area (Å²) in [4.78, 5) is 25.4. The van der Waals surface area contributed by atoms with E-state index in [9.17, 15) is 9.59 Å². The molecule has 130 valence electrons. The number of carbonyl (C=O) groups excluding carboxylic acids is 2. The monoisotopic (exact) mass is 372 g/mol. The van der Waals surface area contributed by atoms with Crippen LogP contribution in [0.4, 0.5) is 5.69 Å². The second-order valence-electron chi connectivity index (χ2n) is 6.02. The van der Waals surface area contributed by atoms with Crippen LogP contribution in [0.1, 0.15) is 25.7 Å². The fraction of sp³-hybridized carbons (Fsp3) is 0.316.